The average Bonchev–Trinajstić information content (AvgIpc) is 3.16. The number of nitrogens with one attached hydrogen (secondary N) is 1. The number of anilines is 1. The predicted octanol–water partition coefficient (Wildman–Crippen LogP) is 4.97. The molecule has 0 saturated heterocycles. The van der Waals surface area contributed by atoms with E-state index < -0.39 is 0 Å². The van der Waals surface area contributed by atoms with E-state index in [9.17, 15) is 9.59 Å². The number of amides is 1. The first-order valence-electron chi connectivity index (χ1n) is 11.8. The summed E-state index contributed by atoms with van der Waals surface area (Å²) in [6.07, 6.45) is 1.58. The van der Waals surface area contributed by atoms with E-state index in [4.69, 9.17) is 4.74 Å². The zero-order valence-corrected chi connectivity index (χ0v) is 20.8. The van der Waals surface area contributed by atoms with Crippen molar-refractivity contribution in [2.45, 2.75) is 33.9 Å². The largest absolute Gasteiger partial charge is 0.497 e. The minimum absolute atomic E-state index is 0.0000873. The molecule has 5 aromatic rings. The molecule has 7 nitrogen and oxygen atoms in total. The smallest absolute Gasteiger partial charge is 0.278 e. The van der Waals surface area contributed by atoms with E-state index in [0.29, 0.717) is 17.6 Å². The Kier molecular flexibility index (Phi) is 6.06. The van der Waals surface area contributed by atoms with E-state index in [-0.39, 0.29) is 18.0 Å². The number of methoxy groups -OCH3 is 1. The third-order valence-electron chi connectivity index (χ3n) is 6.46. The van der Waals surface area contributed by atoms with Gasteiger partial charge in [-0.05, 0) is 67.8 Å². The average molecular weight is 481 g/mol. The fourth-order valence-electron chi connectivity index (χ4n) is 4.52. The highest BCUT2D eigenvalue weighted by Crippen LogP contribution is 2.27. The Labute approximate surface area is 209 Å². The molecule has 0 aliphatic heterocycles. The fraction of sp³-hybridized carbons (Fsp3) is 0.207. The highest BCUT2D eigenvalue weighted by molar-refractivity contribution is 6.06. The molecule has 36 heavy (non-hydrogen) atoms. The Balaban J connectivity index is 1.58. The van der Waals surface area contributed by atoms with Crippen LogP contribution in [0, 0.1) is 20.8 Å². The Morgan fingerprint density at radius 3 is 2.44 bits per heavy atom. The third kappa shape index (κ3) is 4.35. The van der Waals surface area contributed by atoms with Gasteiger partial charge in [0.15, 0.2) is 0 Å². The van der Waals surface area contributed by atoms with Crippen molar-refractivity contribution >= 4 is 33.5 Å². The highest BCUT2D eigenvalue weighted by atomic mass is 16.5. The van der Waals surface area contributed by atoms with E-state index in [2.05, 4.69) is 10.3 Å². The van der Waals surface area contributed by atoms with E-state index >= 15 is 0 Å². The van der Waals surface area contributed by atoms with Gasteiger partial charge in [-0.15, -0.1) is 0 Å². The normalized spacial score (nSPS) is 11.2. The van der Waals surface area contributed by atoms with Gasteiger partial charge < -0.3 is 14.6 Å². The molecule has 0 radical (unpaired) electrons. The number of carbonyl (C=O) groups is 1. The zero-order chi connectivity index (χ0) is 25.4. The first-order chi connectivity index (χ1) is 17.3. The van der Waals surface area contributed by atoms with Crippen molar-refractivity contribution < 1.29 is 9.53 Å². The van der Waals surface area contributed by atoms with Crippen LogP contribution in [0.3, 0.4) is 0 Å². The predicted molar refractivity (Wildman–Crippen MR) is 143 cm³/mol. The molecule has 0 bridgehead atoms. The standard InChI is InChI=1S/C29H28N4O3/c1-18-6-12-25-23(13-18)27-28(33(25)16-26(34)31-24-14-19(2)5-7-20(24)3)29(35)32(17-30-27)15-21-8-10-22(36-4)11-9-21/h5-14,17H,15-16H2,1-4H3,(H,31,34). The Hall–Kier alpha value is -4.39. The van der Waals surface area contributed by atoms with Gasteiger partial charge in [-0.25, -0.2) is 4.98 Å². The van der Waals surface area contributed by atoms with Crippen molar-refractivity contribution in [1.82, 2.24) is 14.1 Å². The van der Waals surface area contributed by atoms with Gasteiger partial charge in [-0.3, -0.25) is 14.2 Å². The molecule has 3 aromatic carbocycles. The lowest BCUT2D eigenvalue weighted by Crippen LogP contribution is -2.25. The number of rotatable bonds is 6. The molecule has 2 heterocycles. The van der Waals surface area contributed by atoms with Crippen molar-refractivity contribution in [3.8, 4) is 5.75 Å². The molecule has 0 aliphatic carbocycles. The number of ether oxygens (including phenoxy) is 1. The monoisotopic (exact) mass is 480 g/mol. The molecule has 0 fully saturated rings. The van der Waals surface area contributed by atoms with Gasteiger partial charge in [0.1, 0.15) is 23.3 Å². The number of hydrogen-bond donors (Lipinski definition) is 1. The minimum Gasteiger partial charge on any atom is -0.497 e. The lowest BCUT2D eigenvalue weighted by molar-refractivity contribution is -0.116. The lowest BCUT2D eigenvalue weighted by atomic mass is 10.1. The summed E-state index contributed by atoms with van der Waals surface area (Å²) in [5, 5.41) is 3.87. The second kappa shape index (κ2) is 9.34. The van der Waals surface area contributed by atoms with Crippen LogP contribution < -0.4 is 15.6 Å². The molecule has 0 spiro atoms. The SMILES string of the molecule is COc1ccc(Cn2cnc3c4cc(C)ccc4n(CC(=O)Nc4cc(C)ccc4C)c3c2=O)cc1. The van der Waals surface area contributed by atoms with Gasteiger partial charge in [0, 0.05) is 11.1 Å². The maximum atomic E-state index is 13.7. The summed E-state index contributed by atoms with van der Waals surface area (Å²) in [5.41, 5.74) is 6.46. The molecule has 1 amide bonds. The Morgan fingerprint density at radius 2 is 1.69 bits per heavy atom. The van der Waals surface area contributed by atoms with Gasteiger partial charge in [0.05, 0.1) is 25.5 Å². The van der Waals surface area contributed by atoms with Crippen LogP contribution in [0.4, 0.5) is 5.69 Å². The molecule has 1 N–H and O–H groups in total. The van der Waals surface area contributed by atoms with Crippen molar-refractivity contribution in [3.63, 3.8) is 0 Å². The first-order valence-corrected chi connectivity index (χ1v) is 11.8. The molecule has 7 heteroatoms. The highest BCUT2D eigenvalue weighted by Gasteiger charge is 2.19. The number of fused-ring (bicyclic) bond motifs is 3. The Bertz CT molecular complexity index is 1660. The molecule has 0 saturated carbocycles. The topological polar surface area (TPSA) is 78.2 Å². The molecule has 2 aromatic heterocycles. The number of hydrogen-bond acceptors (Lipinski definition) is 4. The van der Waals surface area contributed by atoms with Gasteiger partial charge in [0.2, 0.25) is 5.91 Å². The molecular formula is C29H28N4O3. The maximum Gasteiger partial charge on any atom is 0.278 e. The summed E-state index contributed by atoms with van der Waals surface area (Å²) >= 11 is 0. The van der Waals surface area contributed by atoms with Gasteiger partial charge in [0.25, 0.3) is 5.56 Å². The number of aromatic nitrogens is 3. The molecule has 5 rings (SSSR count). The summed E-state index contributed by atoms with van der Waals surface area (Å²) < 4.78 is 8.59. The first kappa shape index (κ1) is 23.4. The van der Waals surface area contributed by atoms with Crippen molar-refractivity contribution in [1.29, 1.82) is 0 Å². The summed E-state index contributed by atoms with van der Waals surface area (Å²) in [4.78, 5) is 31.6. The van der Waals surface area contributed by atoms with Crippen LogP contribution in [-0.2, 0) is 17.9 Å². The van der Waals surface area contributed by atoms with Crippen LogP contribution in [0.1, 0.15) is 22.3 Å². The molecule has 182 valence electrons. The van der Waals surface area contributed by atoms with Gasteiger partial charge in [-0.2, -0.15) is 0 Å². The molecule has 0 atom stereocenters. The van der Waals surface area contributed by atoms with Crippen LogP contribution in [0.25, 0.3) is 21.9 Å². The number of carbonyl (C=O) groups excluding carboxylic acids is 1. The molecule has 0 unspecified atom stereocenters. The summed E-state index contributed by atoms with van der Waals surface area (Å²) in [7, 11) is 1.62. The fourth-order valence-corrected chi connectivity index (χ4v) is 4.52. The van der Waals surface area contributed by atoms with Crippen LogP contribution in [-0.4, -0.2) is 27.1 Å². The van der Waals surface area contributed by atoms with Crippen LogP contribution in [0.2, 0.25) is 0 Å². The van der Waals surface area contributed by atoms with Crippen molar-refractivity contribution in [2.75, 3.05) is 12.4 Å². The second-order valence-corrected chi connectivity index (χ2v) is 9.20. The number of aryl methyl sites for hydroxylation is 3. The van der Waals surface area contributed by atoms with E-state index in [0.717, 1.165) is 44.6 Å². The number of benzene rings is 3. The van der Waals surface area contributed by atoms with Crippen LogP contribution >= 0.6 is 0 Å². The maximum absolute atomic E-state index is 13.7. The van der Waals surface area contributed by atoms with E-state index in [1.807, 2.05) is 81.4 Å². The van der Waals surface area contributed by atoms with Crippen molar-refractivity contribution in [3.05, 3.63) is 99.6 Å². The second-order valence-electron chi connectivity index (χ2n) is 9.20. The molecular weight excluding hydrogens is 452 g/mol. The van der Waals surface area contributed by atoms with Crippen molar-refractivity contribution in [2.24, 2.45) is 0 Å². The van der Waals surface area contributed by atoms with Crippen LogP contribution in [0.15, 0.2) is 71.8 Å². The summed E-state index contributed by atoms with van der Waals surface area (Å²) in [6.45, 7) is 6.31. The lowest BCUT2D eigenvalue weighted by Gasteiger charge is -2.12. The third-order valence-corrected chi connectivity index (χ3v) is 6.46. The zero-order valence-electron chi connectivity index (χ0n) is 20.8. The van der Waals surface area contributed by atoms with Gasteiger partial charge in [-0.1, -0.05) is 35.9 Å². The summed E-state index contributed by atoms with van der Waals surface area (Å²) in [5.74, 6) is 0.554. The van der Waals surface area contributed by atoms with E-state index in [1.165, 1.54) is 0 Å². The molecule has 0 aliphatic rings. The minimum atomic E-state index is -0.201. The summed E-state index contributed by atoms with van der Waals surface area (Å²) in [6, 6.07) is 19.5. The Morgan fingerprint density at radius 1 is 0.972 bits per heavy atom. The van der Waals surface area contributed by atoms with Crippen LogP contribution in [0.5, 0.6) is 5.75 Å². The number of nitrogens with zero attached hydrogens (tertiary/aromatic N) is 3. The quantitative estimate of drug-likeness (QED) is 0.372. The van der Waals surface area contributed by atoms with Gasteiger partial charge >= 0.3 is 0 Å². The van der Waals surface area contributed by atoms with E-state index in [1.54, 1.807) is 22.6 Å².